The van der Waals surface area contributed by atoms with Gasteiger partial charge in [-0.25, -0.2) is 0 Å². The Hall–Kier alpha value is -1.87. The predicted molar refractivity (Wildman–Crippen MR) is 101 cm³/mol. The van der Waals surface area contributed by atoms with Crippen LogP contribution in [0.5, 0.6) is 0 Å². The first kappa shape index (κ1) is 26.4. The van der Waals surface area contributed by atoms with Gasteiger partial charge in [0.2, 0.25) is 0 Å². The largest absolute Gasteiger partial charge is 0.463 e. The molecular formula is C19H30O13. The van der Waals surface area contributed by atoms with Gasteiger partial charge in [0, 0.05) is 27.9 Å². The van der Waals surface area contributed by atoms with Crippen molar-refractivity contribution >= 4 is 17.9 Å². The van der Waals surface area contributed by atoms with Crippen LogP contribution in [0.3, 0.4) is 0 Å². The summed E-state index contributed by atoms with van der Waals surface area (Å²) in [7, 11) is 1.27. The van der Waals surface area contributed by atoms with Crippen LogP contribution in [0.2, 0.25) is 0 Å². The van der Waals surface area contributed by atoms with E-state index in [0.717, 1.165) is 13.8 Å². The molecule has 184 valence electrons. The second-order valence-corrected chi connectivity index (χ2v) is 7.51. The van der Waals surface area contributed by atoms with E-state index < -0.39 is 79.3 Å². The maximum absolute atomic E-state index is 11.8. The van der Waals surface area contributed by atoms with E-state index in [1.165, 1.54) is 21.0 Å². The number of esters is 3. The maximum atomic E-state index is 11.8. The first-order valence-corrected chi connectivity index (χ1v) is 9.97. The summed E-state index contributed by atoms with van der Waals surface area (Å²) < 4.78 is 37.8. The molecule has 0 aromatic carbocycles. The number of rotatable bonds is 7. The normalized spacial score (nSPS) is 39.8. The van der Waals surface area contributed by atoms with Gasteiger partial charge >= 0.3 is 17.9 Å². The Labute approximate surface area is 184 Å². The van der Waals surface area contributed by atoms with Crippen LogP contribution >= 0.6 is 0 Å². The summed E-state index contributed by atoms with van der Waals surface area (Å²) in [6.45, 7) is 4.51. The summed E-state index contributed by atoms with van der Waals surface area (Å²) in [5.41, 5.74) is 0. The Morgan fingerprint density at radius 3 is 1.91 bits per heavy atom. The molecule has 0 radical (unpaired) electrons. The molecule has 2 aliphatic rings. The van der Waals surface area contributed by atoms with Gasteiger partial charge in [0.05, 0.1) is 6.10 Å². The number of methoxy groups -OCH3 is 1. The quantitative estimate of drug-likeness (QED) is 0.277. The zero-order chi connectivity index (χ0) is 24.2. The van der Waals surface area contributed by atoms with Gasteiger partial charge in [-0.15, -0.1) is 0 Å². The van der Waals surface area contributed by atoms with E-state index in [2.05, 4.69) is 0 Å². The molecule has 2 rings (SSSR count). The Morgan fingerprint density at radius 2 is 1.38 bits per heavy atom. The molecule has 32 heavy (non-hydrogen) atoms. The van der Waals surface area contributed by atoms with E-state index >= 15 is 0 Å². The molecule has 0 unspecified atom stereocenters. The molecule has 2 aliphatic heterocycles. The second-order valence-electron chi connectivity index (χ2n) is 7.51. The lowest BCUT2D eigenvalue weighted by Gasteiger charge is -2.47. The van der Waals surface area contributed by atoms with Gasteiger partial charge < -0.3 is 48.5 Å². The van der Waals surface area contributed by atoms with Crippen molar-refractivity contribution in [3.05, 3.63) is 0 Å². The highest BCUT2D eigenvalue weighted by Crippen LogP contribution is 2.32. The molecule has 2 fully saturated rings. The predicted octanol–water partition coefficient (Wildman–Crippen LogP) is -2.00. The van der Waals surface area contributed by atoms with Crippen molar-refractivity contribution in [1.82, 2.24) is 0 Å². The number of hydrogen-bond acceptors (Lipinski definition) is 13. The van der Waals surface area contributed by atoms with Crippen LogP contribution < -0.4 is 0 Å². The van der Waals surface area contributed by atoms with Crippen molar-refractivity contribution in [3.63, 3.8) is 0 Å². The smallest absolute Gasteiger partial charge is 0.303 e. The third-order valence-electron chi connectivity index (χ3n) is 4.98. The number of carbonyl (C=O) groups excluding carboxylic acids is 3. The third kappa shape index (κ3) is 6.34. The van der Waals surface area contributed by atoms with E-state index in [0.29, 0.717) is 0 Å². The summed E-state index contributed by atoms with van der Waals surface area (Å²) in [4.78, 5) is 34.8. The molecule has 0 amide bonds. The average Bonchev–Trinajstić information content (AvgIpc) is 2.70. The Kier molecular flexibility index (Phi) is 9.33. The minimum atomic E-state index is -1.68. The van der Waals surface area contributed by atoms with Crippen LogP contribution in [-0.4, -0.2) is 108 Å². The molecule has 3 N–H and O–H groups in total. The van der Waals surface area contributed by atoms with Gasteiger partial charge in [-0.05, 0) is 6.92 Å². The van der Waals surface area contributed by atoms with Crippen LogP contribution in [0.15, 0.2) is 0 Å². The van der Waals surface area contributed by atoms with Crippen molar-refractivity contribution in [3.8, 4) is 0 Å². The zero-order valence-corrected chi connectivity index (χ0v) is 18.4. The monoisotopic (exact) mass is 466 g/mol. The van der Waals surface area contributed by atoms with E-state index in [1.54, 1.807) is 0 Å². The fourth-order valence-electron chi connectivity index (χ4n) is 3.49. The molecule has 0 bridgehead atoms. The van der Waals surface area contributed by atoms with Crippen LogP contribution in [0.25, 0.3) is 0 Å². The highest BCUT2D eigenvalue weighted by atomic mass is 16.8. The molecule has 0 aromatic heterocycles. The molecule has 2 saturated heterocycles. The first-order chi connectivity index (χ1) is 15.0. The average molecular weight is 466 g/mol. The molecule has 0 aromatic rings. The minimum absolute atomic E-state index is 0.367. The van der Waals surface area contributed by atoms with E-state index in [9.17, 15) is 29.7 Å². The number of aliphatic hydroxyl groups excluding tert-OH is 3. The summed E-state index contributed by atoms with van der Waals surface area (Å²) in [6, 6.07) is 0. The van der Waals surface area contributed by atoms with Crippen molar-refractivity contribution in [2.75, 3.05) is 13.7 Å². The van der Waals surface area contributed by atoms with Crippen molar-refractivity contribution in [2.24, 2.45) is 0 Å². The molecule has 13 heteroatoms. The van der Waals surface area contributed by atoms with Crippen molar-refractivity contribution in [2.45, 2.75) is 89.1 Å². The maximum Gasteiger partial charge on any atom is 0.303 e. The topological polar surface area (TPSA) is 177 Å². The van der Waals surface area contributed by atoms with Gasteiger partial charge in [0.15, 0.2) is 24.8 Å². The lowest BCUT2D eigenvalue weighted by molar-refractivity contribution is -0.355. The van der Waals surface area contributed by atoms with Crippen LogP contribution in [-0.2, 0) is 47.5 Å². The number of hydrogen-bond donors (Lipinski definition) is 3. The molecule has 0 aliphatic carbocycles. The van der Waals surface area contributed by atoms with Gasteiger partial charge in [0.1, 0.15) is 37.1 Å². The highest BCUT2D eigenvalue weighted by Gasteiger charge is 2.54. The summed E-state index contributed by atoms with van der Waals surface area (Å²) >= 11 is 0. The molecule has 0 spiro atoms. The van der Waals surface area contributed by atoms with Crippen LogP contribution in [0, 0.1) is 0 Å². The van der Waals surface area contributed by atoms with E-state index in [1.807, 2.05) is 0 Å². The molecule has 0 saturated carbocycles. The minimum Gasteiger partial charge on any atom is -0.463 e. The number of carbonyl (C=O) groups is 3. The molecule has 13 nitrogen and oxygen atoms in total. The lowest BCUT2D eigenvalue weighted by atomic mass is 9.96. The summed E-state index contributed by atoms with van der Waals surface area (Å²) in [5, 5.41) is 30.3. The number of aliphatic hydroxyl groups is 3. The summed E-state index contributed by atoms with van der Waals surface area (Å²) in [6.07, 6.45) is -13.3. The van der Waals surface area contributed by atoms with Gasteiger partial charge in [0.25, 0.3) is 0 Å². The van der Waals surface area contributed by atoms with E-state index in [-0.39, 0.29) is 6.61 Å². The summed E-state index contributed by atoms with van der Waals surface area (Å²) in [5.74, 6) is -2.11. The van der Waals surface area contributed by atoms with Crippen LogP contribution in [0.4, 0.5) is 0 Å². The van der Waals surface area contributed by atoms with Gasteiger partial charge in [-0.1, -0.05) is 0 Å². The fourth-order valence-corrected chi connectivity index (χ4v) is 3.49. The zero-order valence-electron chi connectivity index (χ0n) is 18.4. The van der Waals surface area contributed by atoms with Crippen molar-refractivity contribution < 1.29 is 62.9 Å². The lowest BCUT2D eigenvalue weighted by Crippen LogP contribution is -2.65. The molecular weight excluding hydrogens is 436 g/mol. The Balaban J connectivity index is 2.39. The third-order valence-corrected chi connectivity index (χ3v) is 4.98. The Morgan fingerprint density at radius 1 is 0.781 bits per heavy atom. The number of ether oxygens (including phenoxy) is 7. The highest BCUT2D eigenvalue weighted by molar-refractivity contribution is 5.67. The second kappa shape index (κ2) is 11.3. The standard InChI is InChI=1S/C19H30O13/c1-7-12(23)13(24)14(25)18(28-7)32-15-11(6-27-8(2)20)31-19(26-5)17(30-10(4)22)16(15)29-9(3)21/h7,11-19,23-25H,6H2,1-5H3/t7-,11+,12-,13+,14+,15+,16-,17+,18+,19-/m0/s1. The molecule has 10 atom stereocenters. The van der Waals surface area contributed by atoms with Gasteiger partial charge in [-0.3, -0.25) is 14.4 Å². The fraction of sp³-hybridized carbons (Fsp3) is 0.842. The Bertz CT molecular complexity index is 670. The first-order valence-electron chi connectivity index (χ1n) is 9.97. The van der Waals surface area contributed by atoms with Crippen LogP contribution in [0.1, 0.15) is 27.7 Å². The van der Waals surface area contributed by atoms with Crippen molar-refractivity contribution in [1.29, 1.82) is 0 Å². The SMILES string of the molecule is CO[C@H]1O[C@H](COC(C)=O)[C@@H](O[C@H]2O[C@@H](C)[C@H](O)[C@@H](O)[C@H]2O)[C@H](OC(C)=O)[C@H]1OC(C)=O. The van der Waals surface area contributed by atoms with Gasteiger partial charge in [-0.2, -0.15) is 0 Å². The molecule has 2 heterocycles. The van der Waals surface area contributed by atoms with E-state index in [4.69, 9.17) is 33.2 Å².